The molecule has 1 fully saturated rings. The summed E-state index contributed by atoms with van der Waals surface area (Å²) < 4.78 is 23.9. The minimum absolute atomic E-state index is 0.0662. The maximum Gasteiger partial charge on any atom is 0.350 e. The van der Waals surface area contributed by atoms with Crippen molar-refractivity contribution in [3.63, 3.8) is 0 Å². The highest BCUT2D eigenvalue weighted by molar-refractivity contribution is 7.17. The smallest absolute Gasteiger partial charge is 0.350 e. The molecule has 3 aromatic rings. The largest absolute Gasteiger partial charge is 0.507 e. The summed E-state index contributed by atoms with van der Waals surface area (Å²) in [7, 11) is 1.22. The summed E-state index contributed by atoms with van der Waals surface area (Å²) in [5.74, 6) is -2.92. The third-order valence-electron chi connectivity index (χ3n) is 5.49. The van der Waals surface area contributed by atoms with Crippen molar-refractivity contribution < 1.29 is 33.4 Å². The number of hydrogen-bond donors (Lipinski definition) is 1. The molecule has 0 saturated carbocycles. The number of benzene rings is 2. The fourth-order valence-electron chi connectivity index (χ4n) is 3.78. The van der Waals surface area contributed by atoms with E-state index in [1.54, 1.807) is 37.3 Å². The summed E-state index contributed by atoms with van der Waals surface area (Å²) in [6.45, 7) is 5.45. The number of nitrogens with zero attached hydrogens (tertiary/aromatic N) is 2. The number of carbonyl (C=O) groups excluding carboxylic acids is 3. The highest BCUT2D eigenvalue weighted by atomic mass is 32.1. The monoisotopic (exact) mass is 508 g/mol. The summed E-state index contributed by atoms with van der Waals surface area (Å²) in [6, 6.07) is 10.4. The zero-order valence-corrected chi connectivity index (χ0v) is 20.2. The normalized spacial score (nSPS) is 16.8. The Balaban J connectivity index is 1.86. The molecule has 2 heterocycles. The number of methoxy groups -OCH3 is 1. The molecule has 1 N–H and O–H groups in total. The van der Waals surface area contributed by atoms with Crippen LogP contribution in [0.1, 0.15) is 32.5 Å². The average Bonchev–Trinajstić information content (AvgIpc) is 3.39. The quantitative estimate of drug-likeness (QED) is 0.164. The fraction of sp³-hybridized carbons (Fsp3) is 0.154. The fourth-order valence-corrected chi connectivity index (χ4v) is 4.79. The number of anilines is 1. The molecule has 0 radical (unpaired) electrons. The Morgan fingerprint density at radius 1 is 1.19 bits per heavy atom. The molecule has 1 aromatic heterocycles. The number of carbonyl (C=O) groups is 3. The first-order valence-corrected chi connectivity index (χ1v) is 11.5. The first kappa shape index (κ1) is 24.8. The molecule has 0 spiro atoms. The molecule has 2 aromatic carbocycles. The molecule has 1 amide bonds. The highest BCUT2D eigenvalue weighted by Crippen LogP contribution is 2.44. The predicted octanol–water partition coefficient (Wildman–Crippen LogP) is 4.57. The van der Waals surface area contributed by atoms with E-state index in [-0.39, 0.29) is 21.1 Å². The van der Waals surface area contributed by atoms with Crippen LogP contribution in [-0.4, -0.2) is 41.5 Å². The summed E-state index contributed by atoms with van der Waals surface area (Å²) in [6.07, 6.45) is 1.59. The minimum atomic E-state index is -1.11. The van der Waals surface area contributed by atoms with Crippen LogP contribution in [-0.2, 0) is 14.3 Å². The Hall–Kier alpha value is -4.31. The van der Waals surface area contributed by atoms with Crippen molar-refractivity contribution >= 4 is 39.9 Å². The number of ether oxygens (including phenoxy) is 2. The lowest BCUT2D eigenvalue weighted by Crippen LogP contribution is -2.29. The van der Waals surface area contributed by atoms with Crippen LogP contribution in [0.3, 0.4) is 0 Å². The topological polar surface area (TPSA) is 106 Å². The zero-order chi connectivity index (χ0) is 26.0. The van der Waals surface area contributed by atoms with Crippen LogP contribution in [0.5, 0.6) is 5.75 Å². The van der Waals surface area contributed by atoms with Gasteiger partial charge in [0.05, 0.1) is 24.4 Å². The van der Waals surface area contributed by atoms with Gasteiger partial charge in [-0.3, -0.25) is 14.5 Å². The van der Waals surface area contributed by atoms with Gasteiger partial charge in [0.15, 0.2) is 5.13 Å². The van der Waals surface area contributed by atoms with Crippen molar-refractivity contribution in [1.29, 1.82) is 0 Å². The lowest BCUT2D eigenvalue weighted by molar-refractivity contribution is -0.132. The maximum atomic E-state index is 13.7. The molecular weight excluding hydrogens is 487 g/mol. The first-order chi connectivity index (χ1) is 17.3. The molecule has 10 heteroatoms. The van der Waals surface area contributed by atoms with Crippen LogP contribution < -0.4 is 9.64 Å². The minimum Gasteiger partial charge on any atom is -0.507 e. The lowest BCUT2D eigenvalue weighted by atomic mass is 9.95. The number of Topliss-reactive ketones (excluding diaryl/α,β-unsaturated/α-hetero) is 1. The second-order valence-corrected chi connectivity index (χ2v) is 8.72. The molecule has 1 aliphatic rings. The van der Waals surface area contributed by atoms with Crippen molar-refractivity contribution in [2.45, 2.75) is 13.0 Å². The highest BCUT2D eigenvalue weighted by Gasteiger charge is 2.48. The number of hydrogen-bond acceptors (Lipinski definition) is 8. The van der Waals surface area contributed by atoms with Crippen LogP contribution in [0.15, 0.2) is 66.8 Å². The van der Waals surface area contributed by atoms with Gasteiger partial charge in [-0.05, 0) is 48.9 Å². The van der Waals surface area contributed by atoms with Crippen LogP contribution in [0.25, 0.3) is 5.76 Å². The van der Waals surface area contributed by atoms with E-state index in [4.69, 9.17) is 9.47 Å². The van der Waals surface area contributed by atoms with Crippen molar-refractivity contribution in [3.05, 3.63) is 94.3 Å². The molecule has 1 unspecified atom stereocenters. The standard InChI is InChI=1S/C26H21FN2O6S/c1-4-13-35-18-11-7-16(8-12-18)21(30)19-20(15-5-9-17(27)10-6-15)29(24(32)22(19)31)26-28-14(2)23(36-26)25(33)34-3/h4-12,20,30H,1,13H2,2-3H3/b21-19+. The summed E-state index contributed by atoms with van der Waals surface area (Å²) in [5, 5.41) is 11.2. The van der Waals surface area contributed by atoms with Gasteiger partial charge in [-0.2, -0.15) is 0 Å². The predicted molar refractivity (Wildman–Crippen MR) is 132 cm³/mol. The Morgan fingerprint density at radius 2 is 1.86 bits per heavy atom. The van der Waals surface area contributed by atoms with Gasteiger partial charge < -0.3 is 14.6 Å². The van der Waals surface area contributed by atoms with E-state index in [2.05, 4.69) is 11.6 Å². The average molecular weight is 509 g/mol. The van der Waals surface area contributed by atoms with Crippen LogP contribution in [0, 0.1) is 12.7 Å². The Kier molecular flexibility index (Phi) is 6.98. The van der Waals surface area contributed by atoms with E-state index in [0.717, 1.165) is 16.2 Å². The van der Waals surface area contributed by atoms with E-state index < -0.39 is 35.3 Å². The van der Waals surface area contributed by atoms with Gasteiger partial charge in [-0.15, -0.1) is 0 Å². The molecule has 0 bridgehead atoms. The van der Waals surface area contributed by atoms with Gasteiger partial charge in [0.1, 0.15) is 28.8 Å². The molecule has 184 valence electrons. The molecule has 8 nitrogen and oxygen atoms in total. The molecule has 1 saturated heterocycles. The lowest BCUT2D eigenvalue weighted by Gasteiger charge is -2.23. The van der Waals surface area contributed by atoms with E-state index in [0.29, 0.717) is 23.6 Å². The third-order valence-corrected chi connectivity index (χ3v) is 6.62. The molecule has 0 aliphatic carbocycles. The van der Waals surface area contributed by atoms with Gasteiger partial charge in [0.25, 0.3) is 5.78 Å². The Labute approximate surface area is 209 Å². The van der Waals surface area contributed by atoms with Gasteiger partial charge in [0.2, 0.25) is 0 Å². The number of thiazole rings is 1. The van der Waals surface area contributed by atoms with Crippen molar-refractivity contribution in [3.8, 4) is 5.75 Å². The van der Waals surface area contributed by atoms with E-state index in [1.807, 2.05) is 0 Å². The summed E-state index contributed by atoms with van der Waals surface area (Å²) >= 11 is 0.880. The number of rotatable bonds is 7. The molecular formula is C26H21FN2O6S. The van der Waals surface area contributed by atoms with Gasteiger partial charge in [-0.1, -0.05) is 36.1 Å². The molecule has 1 aliphatic heterocycles. The Bertz CT molecular complexity index is 1380. The van der Waals surface area contributed by atoms with Crippen LogP contribution in [0.2, 0.25) is 0 Å². The van der Waals surface area contributed by atoms with E-state index in [9.17, 15) is 23.9 Å². The Morgan fingerprint density at radius 3 is 2.47 bits per heavy atom. The SMILES string of the molecule is C=CCOc1ccc(/C(O)=C2\C(=O)C(=O)N(c3nc(C)c(C(=O)OC)s3)C2c2ccc(F)cc2)cc1. The number of aryl methyl sites for hydroxylation is 1. The number of ketones is 1. The van der Waals surface area contributed by atoms with Gasteiger partial charge in [0, 0.05) is 5.56 Å². The van der Waals surface area contributed by atoms with Crippen molar-refractivity contribution in [1.82, 2.24) is 4.98 Å². The number of aliphatic hydroxyl groups is 1. The zero-order valence-electron chi connectivity index (χ0n) is 19.4. The number of aromatic nitrogens is 1. The second kappa shape index (κ2) is 10.1. The number of aliphatic hydroxyl groups excluding tert-OH is 1. The van der Waals surface area contributed by atoms with Crippen LogP contribution in [0.4, 0.5) is 9.52 Å². The van der Waals surface area contributed by atoms with Crippen molar-refractivity contribution in [2.75, 3.05) is 18.6 Å². The summed E-state index contributed by atoms with van der Waals surface area (Å²) in [5.41, 5.74) is 0.766. The summed E-state index contributed by atoms with van der Waals surface area (Å²) in [4.78, 5) is 44.1. The first-order valence-electron chi connectivity index (χ1n) is 10.7. The van der Waals surface area contributed by atoms with Crippen molar-refractivity contribution in [2.24, 2.45) is 0 Å². The maximum absolute atomic E-state index is 13.7. The molecule has 4 rings (SSSR count). The molecule has 1 atom stereocenters. The van der Waals surface area contributed by atoms with E-state index >= 15 is 0 Å². The van der Waals surface area contributed by atoms with Gasteiger partial charge in [-0.25, -0.2) is 14.2 Å². The number of esters is 1. The third kappa shape index (κ3) is 4.50. The van der Waals surface area contributed by atoms with Crippen LogP contribution >= 0.6 is 11.3 Å². The number of amides is 1. The van der Waals surface area contributed by atoms with E-state index in [1.165, 1.54) is 31.4 Å². The molecule has 36 heavy (non-hydrogen) atoms. The number of halogens is 1. The second-order valence-electron chi connectivity index (χ2n) is 7.75. The van der Waals surface area contributed by atoms with Gasteiger partial charge >= 0.3 is 11.9 Å².